The second-order valence-corrected chi connectivity index (χ2v) is 5.53. The fraction of sp³-hybridized carbons (Fsp3) is 0.222. The van der Waals surface area contributed by atoms with Gasteiger partial charge in [0.2, 0.25) is 0 Å². The molecule has 0 fully saturated rings. The predicted molar refractivity (Wildman–Crippen MR) is 65.2 cm³/mol. The molecule has 0 bridgehead atoms. The summed E-state index contributed by atoms with van der Waals surface area (Å²) in [5, 5.41) is 10.7. The normalized spacial score (nSPS) is 11.5. The maximum Gasteiger partial charge on any atom is 0.277 e. The van der Waals surface area contributed by atoms with Crippen LogP contribution < -0.4 is 10.5 Å². The van der Waals surface area contributed by atoms with E-state index in [1.807, 2.05) is 0 Å². The average molecular weight is 286 g/mol. The lowest BCUT2D eigenvalue weighted by Crippen LogP contribution is -2.15. The van der Waals surface area contributed by atoms with E-state index < -0.39 is 15.8 Å². The molecule has 0 saturated carbocycles. The Bertz CT molecular complexity index is 703. The zero-order chi connectivity index (χ0) is 14.2. The molecule has 0 atom stereocenters. The van der Waals surface area contributed by atoms with Crippen LogP contribution in [0, 0.1) is 12.7 Å². The lowest BCUT2D eigenvalue weighted by molar-refractivity contribution is 0.598. The number of hydrogen-bond acceptors (Lipinski definition) is 6. The summed E-state index contributed by atoms with van der Waals surface area (Å²) in [6, 6.07) is 2.20. The van der Waals surface area contributed by atoms with Crippen molar-refractivity contribution in [2.24, 2.45) is 7.05 Å². The monoisotopic (exact) mass is 286 g/mol. The highest BCUT2D eigenvalue weighted by molar-refractivity contribution is 7.92. The molecular formula is C9H11FN6O2S. The van der Waals surface area contributed by atoms with Crippen LogP contribution in [0.1, 0.15) is 5.56 Å². The third-order valence-electron chi connectivity index (χ3n) is 2.30. The first-order chi connectivity index (χ1) is 8.79. The SMILES string of the molecule is Cc1cc(S(=O)(=O)Nc2nnn(C)n2)cc(N)c1F. The number of halogens is 1. The molecule has 1 aromatic carbocycles. The second kappa shape index (κ2) is 4.46. The topological polar surface area (TPSA) is 116 Å². The van der Waals surface area contributed by atoms with E-state index in [-0.39, 0.29) is 22.1 Å². The van der Waals surface area contributed by atoms with E-state index in [1.165, 1.54) is 20.0 Å². The number of aryl methyl sites for hydroxylation is 2. The van der Waals surface area contributed by atoms with Crippen LogP contribution in [0.2, 0.25) is 0 Å². The van der Waals surface area contributed by atoms with Gasteiger partial charge in [0, 0.05) is 0 Å². The smallest absolute Gasteiger partial charge is 0.277 e. The molecule has 2 aromatic rings. The summed E-state index contributed by atoms with van der Waals surface area (Å²) in [6.45, 7) is 1.42. The van der Waals surface area contributed by atoms with E-state index in [0.29, 0.717) is 0 Å². The third-order valence-corrected chi connectivity index (χ3v) is 3.61. The highest BCUT2D eigenvalue weighted by Gasteiger charge is 2.19. The van der Waals surface area contributed by atoms with Crippen LogP contribution in [-0.4, -0.2) is 28.6 Å². The van der Waals surface area contributed by atoms with Crippen molar-refractivity contribution < 1.29 is 12.8 Å². The van der Waals surface area contributed by atoms with Crippen molar-refractivity contribution in [3.05, 3.63) is 23.5 Å². The molecule has 0 aliphatic carbocycles. The lowest BCUT2D eigenvalue weighted by Gasteiger charge is -2.07. The third kappa shape index (κ3) is 2.62. The minimum atomic E-state index is -3.94. The van der Waals surface area contributed by atoms with Crippen LogP contribution in [0.4, 0.5) is 16.0 Å². The Kier molecular flexibility index (Phi) is 3.10. The van der Waals surface area contributed by atoms with Crippen LogP contribution in [-0.2, 0) is 17.1 Å². The van der Waals surface area contributed by atoms with Gasteiger partial charge in [0.05, 0.1) is 17.6 Å². The number of nitrogen functional groups attached to an aromatic ring is 1. The van der Waals surface area contributed by atoms with E-state index in [0.717, 1.165) is 10.9 Å². The van der Waals surface area contributed by atoms with E-state index in [1.54, 1.807) is 0 Å². The molecule has 102 valence electrons. The first-order valence-electron chi connectivity index (χ1n) is 5.12. The summed E-state index contributed by atoms with van der Waals surface area (Å²) >= 11 is 0. The van der Waals surface area contributed by atoms with E-state index in [2.05, 4.69) is 20.1 Å². The number of nitrogens with two attached hydrogens (primary N) is 1. The van der Waals surface area contributed by atoms with Crippen LogP contribution in [0.15, 0.2) is 17.0 Å². The summed E-state index contributed by atoms with van der Waals surface area (Å²) < 4.78 is 39.5. The molecule has 0 amide bonds. The molecule has 10 heteroatoms. The van der Waals surface area contributed by atoms with Crippen LogP contribution in [0.3, 0.4) is 0 Å². The van der Waals surface area contributed by atoms with Crippen molar-refractivity contribution in [1.29, 1.82) is 0 Å². The number of anilines is 2. The minimum absolute atomic E-state index is 0.132. The molecule has 0 aliphatic rings. The van der Waals surface area contributed by atoms with Gasteiger partial charge in [-0.05, 0) is 29.8 Å². The summed E-state index contributed by atoms with van der Waals surface area (Å²) in [5.41, 5.74) is 5.29. The Hall–Kier alpha value is -2.23. The van der Waals surface area contributed by atoms with Gasteiger partial charge in [0.15, 0.2) is 0 Å². The lowest BCUT2D eigenvalue weighted by atomic mass is 10.2. The quantitative estimate of drug-likeness (QED) is 0.770. The second-order valence-electron chi connectivity index (χ2n) is 3.85. The van der Waals surface area contributed by atoms with Gasteiger partial charge >= 0.3 is 0 Å². The van der Waals surface area contributed by atoms with Gasteiger partial charge < -0.3 is 5.73 Å². The van der Waals surface area contributed by atoms with Crippen molar-refractivity contribution in [3.63, 3.8) is 0 Å². The van der Waals surface area contributed by atoms with Crippen molar-refractivity contribution in [3.8, 4) is 0 Å². The molecule has 1 aromatic heterocycles. The molecule has 3 N–H and O–H groups in total. The van der Waals surface area contributed by atoms with Gasteiger partial charge in [-0.2, -0.15) is 4.80 Å². The van der Waals surface area contributed by atoms with Crippen LogP contribution in [0.5, 0.6) is 0 Å². The van der Waals surface area contributed by atoms with Crippen molar-refractivity contribution >= 4 is 21.7 Å². The number of nitrogens with zero attached hydrogens (tertiary/aromatic N) is 4. The van der Waals surface area contributed by atoms with Crippen molar-refractivity contribution in [1.82, 2.24) is 20.2 Å². The zero-order valence-electron chi connectivity index (χ0n) is 10.1. The molecule has 0 unspecified atom stereocenters. The van der Waals surface area contributed by atoms with Gasteiger partial charge in [0.25, 0.3) is 16.0 Å². The molecule has 0 spiro atoms. The first kappa shape index (κ1) is 13.2. The predicted octanol–water partition coefficient (Wildman–Crippen LogP) is 0.0406. The Morgan fingerprint density at radius 1 is 1.42 bits per heavy atom. The summed E-state index contributed by atoms with van der Waals surface area (Å²) in [4.78, 5) is 0.929. The van der Waals surface area contributed by atoms with Crippen LogP contribution >= 0.6 is 0 Å². The fourth-order valence-electron chi connectivity index (χ4n) is 1.42. The summed E-state index contributed by atoms with van der Waals surface area (Å²) in [7, 11) is -2.45. The highest BCUT2D eigenvalue weighted by atomic mass is 32.2. The molecule has 19 heavy (non-hydrogen) atoms. The largest absolute Gasteiger partial charge is 0.396 e. The molecule has 2 rings (SSSR count). The van der Waals surface area contributed by atoms with Gasteiger partial charge in [-0.25, -0.2) is 17.5 Å². The van der Waals surface area contributed by atoms with Crippen molar-refractivity contribution in [2.45, 2.75) is 11.8 Å². The van der Waals surface area contributed by atoms with E-state index in [9.17, 15) is 12.8 Å². The number of nitrogens with one attached hydrogen (secondary N) is 1. The fourth-order valence-corrected chi connectivity index (χ4v) is 2.48. The number of aromatic nitrogens is 4. The van der Waals surface area contributed by atoms with Crippen molar-refractivity contribution in [2.75, 3.05) is 10.5 Å². The molecule has 0 radical (unpaired) electrons. The molecule has 8 nitrogen and oxygen atoms in total. The molecule has 1 heterocycles. The number of benzene rings is 1. The summed E-state index contributed by atoms with van der Waals surface area (Å²) in [5.74, 6) is -0.820. The maximum absolute atomic E-state index is 13.4. The summed E-state index contributed by atoms with van der Waals surface area (Å²) in [6.07, 6.45) is 0. The van der Waals surface area contributed by atoms with Gasteiger partial charge in [-0.3, -0.25) is 0 Å². The molecule has 0 aliphatic heterocycles. The zero-order valence-corrected chi connectivity index (χ0v) is 10.9. The van der Waals surface area contributed by atoms with E-state index >= 15 is 0 Å². The Morgan fingerprint density at radius 3 is 2.63 bits per heavy atom. The van der Waals surface area contributed by atoms with Gasteiger partial charge in [0.1, 0.15) is 5.82 Å². The Morgan fingerprint density at radius 2 is 2.11 bits per heavy atom. The van der Waals surface area contributed by atoms with Gasteiger partial charge in [-0.1, -0.05) is 5.10 Å². The van der Waals surface area contributed by atoms with Crippen LogP contribution in [0.25, 0.3) is 0 Å². The molecular weight excluding hydrogens is 275 g/mol. The number of rotatable bonds is 3. The number of sulfonamides is 1. The standard InChI is InChI=1S/C9H11FN6O2S/c1-5-3-6(4-7(11)8(5)10)19(17,18)14-9-12-15-16(2)13-9/h3-4H,11H2,1-2H3,(H,13,14). The number of tetrazole rings is 1. The molecule has 0 saturated heterocycles. The maximum atomic E-state index is 13.4. The average Bonchev–Trinajstić information content (AvgIpc) is 2.70. The minimum Gasteiger partial charge on any atom is -0.396 e. The Balaban J connectivity index is 2.40. The van der Waals surface area contributed by atoms with Gasteiger partial charge in [-0.15, -0.1) is 5.10 Å². The number of hydrogen-bond donors (Lipinski definition) is 2. The highest BCUT2D eigenvalue weighted by Crippen LogP contribution is 2.21. The Labute approximate surface area is 108 Å². The first-order valence-corrected chi connectivity index (χ1v) is 6.60. The van der Waals surface area contributed by atoms with E-state index in [4.69, 9.17) is 5.73 Å².